The number of esters is 2. The van der Waals surface area contributed by atoms with E-state index in [9.17, 15) is 14.4 Å². The van der Waals surface area contributed by atoms with Crippen LogP contribution in [0.5, 0.6) is 0 Å². The fourth-order valence-corrected chi connectivity index (χ4v) is 10.3. The molecule has 0 saturated heterocycles. The van der Waals surface area contributed by atoms with Crippen molar-refractivity contribution in [3.05, 3.63) is 0 Å². The van der Waals surface area contributed by atoms with Gasteiger partial charge in [0.1, 0.15) is 18.5 Å². The molecule has 0 aliphatic heterocycles. The number of ether oxygens (including phenoxy) is 2. The standard InChI is InChI=1S/C31H50O5/c1-7-23-27-18-22(35-20(3)33)13-15-31(27,6)26-14-16-30(5)24(19(2)10-8-9-17-32)11-12-25(30)28(26)29(23)36-21(4)34/h17,19,22-29H,7-16,18H2,1-6H3/t19-,22-,23-,24?,25+,26+,27?,28?,29-,30?,31+/m1/s1. The summed E-state index contributed by atoms with van der Waals surface area (Å²) in [6, 6.07) is 0. The van der Waals surface area contributed by atoms with Crippen LogP contribution in [0, 0.1) is 52.3 Å². The van der Waals surface area contributed by atoms with Gasteiger partial charge in [-0.15, -0.1) is 0 Å². The van der Waals surface area contributed by atoms with Crippen LogP contribution in [-0.4, -0.2) is 30.4 Å². The van der Waals surface area contributed by atoms with Crippen molar-refractivity contribution in [3.63, 3.8) is 0 Å². The quantitative estimate of drug-likeness (QED) is 0.208. The van der Waals surface area contributed by atoms with Crippen LogP contribution in [0.4, 0.5) is 0 Å². The first-order chi connectivity index (χ1) is 17.1. The zero-order valence-electron chi connectivity index (χ0n) is 23.6. The predicted octanol–water partition coefficient (Wildman–Crippen LogP) is 6.76. The van der Waals surface area contributed by atoms with Crippen molar-refractivity contribution in [2.75, 3.05) is 0 Å². The predicted molar refractivity (Wildman–Crippen MR) is 140 cm³/mol. The molecule has 0 heterocycles. The molecule has 4 aliphatic carbocycles. The molecule has 0 aromatic rings. The molecule has 0 spiro atoms. The Kier molecular flexibility index (Phi) is 8.27. The van der Waals surface area contributed by atoms with E-state index in [2.05, 4.69) is 27.7 Å². The van der Waals surface area contributed by atoms with Crippen LogP contribution in [0.15, 0.2) is 0 Å². The second kappa shape index (κ2) is 10.8. The number of aldehydes is 1. The molecule has 4 aliphatic rings. The Labute approximate surface area is 218 Å². The minimum atomic E-state index is -0.186. The smallest absolute Gasteiger partial charge is 0.302 e. The topological polar surface area (TPSA) is 69.7 Å². The summed E-state index contributed by atoms with van der Waals surface area (Å²) in [5, 5.41) is 0. The highest BCUT2D eigenvalue weighted by Gasteiger charge is 2.66. The zero-order valence-corrected chi connectivity index (χ0v) is 23.6. The number of carbonyl (C=O) groups is 3. The average Bonchev–Trinajstić information content (AvgIpc) is 3.16. The van der Waals surface area contributed by atoms with Gasteiger partial charge >= 0.3 is 11.9 Å². The Hall–Kier alpha value is -1.39. The number of rotatable bonds is 8. The van der Waals surface area contributed by atoms with E-state index < -0.39 is 0 Å². The molecule has 11 atom stereocenters. The Balaban J connectivity index is 1.66. The van der Waals surface area contributed by atoms with E-state index in [1.54, 1.807) is 6.92 Å². The van der Waals surface area contributed by atoms with Crippen molar-refractivity contribution in [1.82, 2.24) is 0 Å². The van der Waals surface area contributed by atoms with E-state index in [0.717, 1.165) is 44.8 Å². The summed E-state index contributed by atoms with van der Waals surface area (Å²) >= 11 is 0. The summed E-state index contributed by atoms with van der Waals surface area (Å²) < 4.78 is 12.0. The molecule has 36 heavy (non-hydrogen) atoms. The number of fused-ring (bicyclic) bond motifs is 5. The van der Waals surface area contributed by atoms with Gasteiger partial charge in [0.2, 0.25) is 0 Å². The van der Waals surface area contributed by atoms with Gasteiger partial charge in [-0.05, 0) is 104 Å². The van der Waals surface area contributed by atoms with Crippen LogP contribution in [0.1, 0.15) is 112 Å². The molecule has 0 N–H and O–H groups in total. The van der Waals surface area contributed by atoms with Gasteiger partial charge in [0.05, 0.1) is 0 Å². The van der Waals surface area contributed by atoms with Gasteiger partial charge in [-0.2, -0.15) is 0 Å². The molecule has 0 bridgehead atoms. The van der Waals surface area contributed by atoms with E-state index >= 15 is 0 Å². The second-order valence-corrected chi connectivity index (χ2v) is 13.4. The molecule has 4 saturated carbocycles. The first-order valence-corrected chi connectivity index (χ1v) is 14.8. The van der Waals surface area contributed by atoms with Crippen LogP contribution >= 0.6 is 0 Å². The molecular formula is C31H50O5. The SMILES string of the molecule is CC[C@@H]1C2C[C@H](OC(C)=O)CC[C@@]2(C)[C@H]2CCC3(C)C([C@H](C)CCCC=O)CC[C@H]3C2[C@@H]1OC(C)=O. The highest BCUT2D eigenvalue weighted by atomic mass is 16.5. The monoisotopic (exact) mass is 502 g/mol. The molecule has 204 valence electrons. The van der Waals surface area contributed by atoms with Crippen molar-refractivity contribution in [1.29, 1.82) is 0 Å². The fraction of sp³-hybridized carbons (Fsp3) is 0.903. The molecule has 4 unspecified atom stereocenters. The van der Waals surface area contributed by atoms with Crippen LogP contribution in [0.2, 0.25) is 0 Å². The van der Waals surface area contributed by atoms with E-state index in [0.29, 0.717) is 47.8 Å². The molecule has 4 fully saturated rings. The van der Waals surface area contributed by atoms with Gasteiger partial charge in [-0.1, -0.05) is 34.1 Å². The van der Waals surface area contributed by atoms with Gasteiger partial charge in [0.25, 0.3) is 0 Å². The molecule has 5 nitrogen and oxygen atoms in total. The average molecular weight is 503 g/mol. The first kappa shape index (κ1) is 27.6. The maximum atomic E-state index is 12.5. The molecule has 0 aromatic carbocycles. The van der Waals surface area contributed by atoms with Gasteiger partial charge < -0.3 is 14.3 Å². The fourth-order valence-electron chi connectivity index (χ4n) is 10.3. The molecule has 0 aromatic heterocycles. The number of hydrogen-bond donors (Lipinski definition) is 0. The molecule has 0 radical (unpaired) electrons. The van der Waals surface area contributed by atoms with Crippen molar-refractivity contribution in [2.45, 2.75) is 124 Å². The maximum Gasteiger partial charge on any atom is 0.302 e. The normalized spacial score (nSPS) is 44.5. The van der Waals surface area contributed by atoms with Gasteiger partial charge in [-0.3, -0.25) is 9.59 Å². The van der Waals surface area contributed by atoms with Crippen LogP contribution < -0.4 is 0 Å². The summed E-state index contributed by atoms with van der Waals surface area (Å²) in [5.74, 6) is 3.23. The Morgan fingerprint density at radius 3 is 2.25 bits per heavy atom. The third kappa shape index (κ3) is 4.77. The van der Waals surface area contributed by atoms with E-state index in [-0.39, 0.29) is 35.0 Å². The Morgan fingerprint density at radius 1 is 0.944 bits per heavy atom. The largest absolute Gasteiger partial charge is 0.463 e. The van der Waals surface area contributed by atoms with Crippen LogP contribution in [0.25, 0.3) is 0 Å². The minimum Gasteiger partial charge on any atom is -0.463 e. The number of carbonyl (C=O) groups excluding carboxylic acids is 3. The second-order valence-electron chi connectivity index (χ2n) is 13.4. The lowest BCUT2D eigenvalue weighted by Gasteiger charge is -2.65. The lowest BCUT2D eigenvalue weighted by Crippen LogP contribution is -2.63. The van der Waals surface area contributed by atoms with E-state index in [4.69, 9.17) is 9.47 Å². The number of unbranched alkanes of at least 4 members (excludes halogenated alkanes) is 1. The van der Waals surface area contributed by atoms with Crippen molar-refractivity contribution in [3.8, 4) is 0 Å². The third-order valence-corrected chi connectivity index (χ3v) is 11.7. The highest BCUT2D eigenvalue weighted by Crippen LogP contribution is 2.70. The van der Waals surface area contributed by atoms with Crippen LogP contribution in [0.3, 0.4) is 0 Å². The summed E-state index contributed by atoms with van der Waals surface area (Å²) in [5.41, 5.74) is 0.476. The summed E-state index contributed by atoms with van der Waals surface area (Å²) in [6.07, 6.45) is 12.7. The Morgan fingerprint density at radius 2 is 1.61 bits per heavy atom. The van der Waals surface area contributed by atoms with Crippen molar-refractivity contribution < 1.29 is 23.9 Å². The lowest BCUT2D eigenvalue weighted by atomic mass is 9.41. The molecule has 5 heteroatoms. The Bertz CT molecular complexity index is 824. The highest BCUT2D eigenvalue weighted by molar-refractivity contribution is 5.66. The summed E-state index contributed by atoms with van der Waals surface area (Å²) in [6.45, 7) is 12.8. The van der Waals surface area contributed by atoms with Crippen molar-refractivity contribution in [2.24, 2.45) is 52.3 Å². The summed E-state index contributed by atoms with van der Waals surface area (Å²) in [4.78, 5) is 35.1. The molecule has 0 amide bonds. The third-order valence-electron chi connectivity index (χ3n) is 11.7. The molecule has 4 rings (SSSR count). The van der Waals surface area contributed by atoms with Gasteiger partial charge in [-0.25, -0.2) is 0 Å². The minimum absolute atomic E-state index is 0.0129. The molecular weight excluding hydrogens is 452 g/mol. The van der Waals surface area contributed by atoms with Crippen molar-refractivity contribution >= 4 is 18.2 Å². The zero-order chi connectivity index (χ0) is 26.3. The van der Waals surface area contributed by atoms with E-state index in [1.165, 1.54) is 32.6 Å². The maximum absolute atomic E-state index is 12.5. The van der Waals surface area contributed by atoms with Gasteiger partial charge in [0.15, 0.2) is 0 Å². The summed E-state index contributed by atoms with van der Waals surface area (Å²) in [7, 11) is 0. The van der Waals surface area contributed by atoms with E-state index in [1.807, 2.05) is 0 Å². The lowest BCUT2D eigenvalue weighted by molar-refractivity contribution is -0.219. The van der Waals surface area contributed by atoms with Crippen LogP contribution in [-0.2, 0) is 23.9 Å². The number of hydrogen-bond acceptors (Lipinski definition) is 5. The van der Waals surface area contributed by atoms with Gasteiger partial charge in [0, 0.05) is 26.2 Å². The first-order valence-electron chi connectivity index (χ1n) is 14.8.